The molecule has 0 aliphatic heterocycles. The van der Waals surface area contributed by atoms with E-state index in [9.17, 15) is 9.59 Å². The van der Waals surface area contributed by atoms with Crippen molar-refractivity contribution in [1.82, 2.24) is 0 Å². The van der Waals surface area contributed by atoms with Gasteiger partial charge in [0.25, 0.3) is 0 Å². The van der Waals surface area contributed by atoms with Crippen LogP contribution < -0.4 is 0 Å². The lowest BCUT2D eigenvalue weighted by Gasteiger charge is -2.36. The third kappa shape index (κ3) is 6.65. The zero-order chi connectivity index (χ0) is 19.8. The third-order valence-electron chi connectivity index (χ3n) is 5.39. The van der Waals surface area contributed by atoms with E-state index in [0.717, 1.165) is 18.4 Å². The number of benzene rings is 1. The maximum atomic E-state index is 12.2. The number of hydrogen-bond acceptors (Lipinski definition) is 5. The molecule has 1 aromatic carbocycles. The van der Waals surface area contributed by atoms with Gasteiger partial charge in [-0.25, -0.2) is 9.59 Å². The highest BCUT2D eigenvalue weighted by Gasteiger charge is 2.33. The fraction of sp³-hybridized carbons (Fsp3) is 0.636. The highest BCUT2D eigenvalue weighted by Crippen LogP contribution is 2.35. The summed E-state index contributed by atoms with van der Waals surface area (Å²) in [5.41, 5.74) is 0.972. The molecule has 1 saturated carbocycles. The maximum absolute atomic E-state index is 12.2. The summed E-state index contributed by atoms with van der Waals surface area (Å²) in [7, 11) is 1.46. The minimum absolute atomic E-state index is 0.0949. The van der Waals surface area contributed by atoms with Crippen molar-refractivity contribution in [2.75, 3.05) is 13.7 Å². The maximum Gasteiger partial charge on any atom is 0.344 e. The number of carbonyl (C=O) groups is 2. The van der Waals surface area contributed by atoms with E-state index >= 15 is 0 Å². The van der Waals surface area contributed by atoms with Crippen LogP contribution in [0.1, 0.15) is 45.6 Å². The Kier molecular flexibility index (Phi) is 8.29. The summed E-state index contributed by atoms with van der Waals surface area (Å²) in [4.78, 5) is 24.5. The van der Waals surface area contributed by atoms with Crippen LogP contribution in [-0.2, 0) is 30.2 Å². The van der Waals surface area contributed by atoms with Gasteiger partial charge in [0.15, 0.2) is 12.7 Å². The number of hydrogen-bond donors (Lipinski definition) is 0. The van der Waals surface area contributed by atoms with Crippen LogP contribution in [0.5, 0.6) is 0 Å². The molecular formula is C22H32O5. The van der Waals surface area contributed by atoms with Gasteiger partial charge in [0.05, 0.1) is 0 Å². The summed E-state index contributed by atoms with van der Waals surface area (Å²) < 4.78 is 16.0. The Morgan fingerprint density at radius 1 is 1.15 bits per heavy atom. The number of esters is 2. The molecule has 0 N–H and O–H groups in total. The Hall–Kier alpha value is -1.88. The second-order valence-electron chi connectivity index (χ2n) is 7.88. The number of ether oxygens (including phenoxy) is 3. The average molecular weight is 376 g/mol. The van der Waals surface area contributed by atoms with Crippen LogP contribution in [0.3, 0.4) is 0 Å². The first-order valence-electron chi connectivity index (χ1n) is 9.83. The van der Waals surface area contributed by atoms with Crippen molar-refractivity contribution in [1.29, 1.82) is 0 Å². The van der Waals surface area contributed by atoms with Gasteiger partial charge in [0, 0.05) is 13.5 Å². The molecule has 0 aromatic heterocycles. The molecule has 4 atom stereocenters. The molecule has 1 unspecified atom stereocenters. The normalized spacial score (nSPS) is 23.7. The molecule has 1 aromatic rings. The van der Waals surface area contributed by atoms with Crippen molar-refractivity contribution in [3.8, 4) is 0 Å². The highest BCUT2D eigenvalue weighted by atomic mass is 16.6. The van der Waals surface area contributed by atoms with Crippen LogP contribution in [0.25, 0.3) is 0 Å². The fourth-order valence-electron chi connectivity index (χ4n) is 3.77. The first-order chi connectivity index (χ1) is 12.9. The fourth-order valence-corrected chi connectivity index (χ4v) is 3.77. The van der Waals surface area contributed by atoms with Crippen molar-refractivity contribution < 1.29 is 23.8 Å². The molecule has 0 heterocycles. The quantitative estimate of drug-likeness (QED) is 0.646. The summed E-state index contributed by atoms with van der Waals surface area (Å²) in [6, 6.07) is 9.56. The van der Waals surface area contributed by atoms with Gasteiger partial charge in [-0.05, 0) is 36.2 Å². The van der Waals surface area contributed by atoms with Gasteiger partial charge in [0.2, 0.25) is 0 Å². The van der Waals surface area contributed by atoms with Gasteiger partial charge in [-0.3, -0.25) is 0 Å². The van der Waals surface area contributed by atoms with E-state index in [0.29, 0.717) is 24.2 Å². The number of rotatable bonds is 8. The van der Waals surface area contributed by atoms with E-state index in [1.807, 2.05) is 30.3 Å². The van der Waals surface area contributed by atoms with Crippen LogP contribution in [0.4, 0.5) is 0 Å². The summed E-state index contributed by atoms with van der Waals surface area (Å²) in [5.74, 6) is 0.342. The van der Waals surface area contributed by atoms with Gasteiger partial charge in [-0.1, -0.05) is 57.5 Å². The minimum Gasteiger partial charge on any atom is -0.460 e. The van der Waals surface area contributed by atoms with E-state index in [4.69, 9.17) is 14.2 Å². The Balaban J connectivity index is 1.83. The lowest BCUT2D eigenvalue weighted by molar-refractivity contribution is -0.171. The topological polar surface area (TPSA) is 61.8 Å². The van der Waals surface area contributed by atoms with Gasteiger partial charge in [0.1, 0.15) is 6.10 Å². The Bertz CT molecular complexity index is 598. The Morgan fingerprint density at radius 2 is 1.85 bits per heavy atom. The largest absolute Gasteiger partial charge is 0.460 e. The zero-order valence-corrected chi connectivity index (χ0v) is 16.9. The summed E-state index contributed by atoms with van der Waals surface area (Å²) in [6.45, 7) is 6.13. The van der Waals surface area contributed by atoms with Gasteiger partial charge >= 0.3 is 11.9 Å². The second-order valence-corrected chi connectivity index (χ2v) is 7.88. The van der Waals surface area contributed by atoms with Crippen LogP contribution in [0.15, 0.2) is 30.3 Å². The van der Waals surface area contributed by atoms with Crippen molar-refractivity contribution in [2.24, 2.45) is 17.8 Å². The first kappa shape index (κ1) is 21.4. The lowest BCUT2D eigenvalue weighted by atomic mass is 9.75. The second kappa shape index (κ2) is 10.5. The molecule has 5 heteroatoms. The highest BCUT2D eigenvalue weighted by molar-refractivity contribution is 5.79. The predicted octanol–water partition coefficient (Wildman–Crippen LogP) is 3.79. The van der Waals surface area contributed by atoms with Crippen molar-refractivity contribution in [2.45, 2.75) is 58.7 Å². The van der Waals surface area contributed by atoms with Gasteiger partial charge in [-0.15, -0.1) is 0 Å². The molecule has 0 amide bonds. The standard InChI is InChI=1S/C22H32O5/c1-15(2)18-11-10-16(3)12-19(18)27-21(23)14-26-22(24)20(25-4)13-17-8-6-5-7-9-17/h5-9,15-16,18-20H,10-14H2,1-4H3/t16-,18+,19-,20?/m1/s1. The van der Waals surface area contributed by atoms with Crippen LogP contribution in [0.2, 0.25) is 0 Å². The number of carbonyl (C=O) groups excluding carboxylic acids is 2. The van der Waals surface area contributed by atoms with Crippen LogP contribution >= 0.6 is 0 Å². The molecule has 5 nitrogen and oxygen atoms in total. The van der Waals surface area contributed by atoms with E-state index < -0.39 is 18.0 Å². The third-order valence-corrected chi connectivity index (χ3v) is 5.39. The molecule has 0 saturated heterocycles. The molecule has 0 spiro atoms. The summed E-state index contributed by atoms with van der Waals surface area (Å²) in [5, 5.41) is 0. The molecule has 0 bridgehead atoms. The van der Waals surface area contributed by atoms with E-state index in [2.05, 4.69) is 20.8 Å². The first-order valence-corrected chi connectivity index (χ1v) is 9.83. The predicted molar refractivity (Wildman–Crippen MR) is 103 cm³/mol. The molecular weight excluding hydrogens is 344 g/mol. The van der Waals surface area contributed by atoms with E-state index in [1.54, 1.807) is 0 Å². The molecule has 150 valence electrons. The zero-order valence-electron chi connectivity index (χ0n) is 16.9. The number of methoxy groups -OCH3 is 1. The van der Waals surface area contributed by atoms with E-state index in [1.165, 1.54) is 13.5 Å². The molecule has 1 fully saturated rings. The molecule has 2 rings (SSSR count). The summed E-state index contributed by atoms with van der Waals surface area (Å²) in [6.07, 6.45) is 2.68. The molecule has 1 aliphatic rings. The van der Waals surface area contributed by atoms with Crippen molar-refractivity contribution in [3.05, 3.63) is 35.9 Å². The van der Waals surface area contributed by atoms with E-state index in [-0.39, 0.29) is 12.7 Å². The van der Waals surface area contributed by atoms with Crippen molar-refractivity contribution in [3.63, 3.8) is 0 Å². The monoisotopic (exact) mass is 376 g/mol. The van der Waals surface area contributed by atoms with Gasteiger partial charge in [-0.2, -0.15) is 0 Å². The summed E-state index contributed by atoms with van der Waals surface area (Å²) >= 11 is 0. The minimum atomic E-state index is -0.738. The Morgan fingerprint density at radius 3 is 2.48 bits per heavy atom. The van der Waals surface area contributed by atoms with Crippen LogP contribution in [-0.4, -0.2) is 37.9 Å². The molecule has 27 heavy (non-hydrogen) atoms. The lowest BCUT2D eigenvalue weighted by Crippen LogP contribution is -2.37. The molecule has 1 aliphatic carbocycles. The SMILES string of the molecule is COC(Cc1ccccc1)C(=O)OCC(=O)O[C@@H]1C[C@H](C)CC[C@H]1C(C)C. The van der Waals surface area contributed by atoms with Gasteiger partial charge < -0.3 is 14.2 Å². The smallest absolute Gasteiger partial charge is 0.344 e. The Labute approximate surface area is 162 Å². The molecule has 0 radical (unpaired) electrons. The van der Waals surface area contributed by atoms with Crippen molar-refractivity contribution >= 4 is 11.9 Å². The average Bonchev–Trinajstić information content (AvgIpc) is 2.64. The van der Waals surface area contributed by atoms with Crippen LogP contribution in [0, 0.1) is 17.8 Å².